The second kappa shape index (κ2) is 7.31. The van der Waals surface area contributed by atoms with Crippen molar-refractivity contribution < 1.29 is 8.42 Å². The monoisotopic (exact) mass is 263 g/mol. The van der Waals surface area contributed by atoms with Gasteiger partial charge in [-0.15, -0.1) is 0 Å². The lowest BCUT2D eigenvalue weighted by atomic mass is 10.3. The summed E-state index contributed by atoms with van der Waals surface area (Å²) in [5, 5.41) is 3.18. The van der Waals surface area contributed by atoms with E-state index >= 15 is 0 Å². The van der Waals surface area contributed by atoms with Crippen molar-refractivity contribution in [3.63, 3.8) is 0 Å². The van der Waals surface area contributed by atoms with Crippen molar-refractivity contribution in [3.05, 3.63) is 0 Å². The van der Waals surface area contributed by atoms with Crippen LogP contribution in [0.1, 0.15) is 32.6 Å². The van der Waals surface area contributed by atoms with Crippen LogP contribution in [-0.4, -0.2) is 45.9 Å². The molecule has 0 aliphatic heterocycles. The quantitative estimate of drug-likeness (QED) is 0.566. The molecule has 1 fully saturated rings. The van der Waals surface area contributed by atoms with Crippen LogP contribution in [0.3, 0.4) is 0 Å². The lowest BCUT2D eigenvalue weighted by molar-refractivity contribution is 0.444. The van der Waals surface area contributed by atoms with E-state index in [1.807, 2.05) is 6.92 Å². The van der Waals surface area contributed by atoms with Crippen molar-refractivity contribution in [3.8, 4) is 0 Å². The first-order valence-corrected chi connectivity index (χ1v) is 7.92. The van der Waals surface area contributed by atoms with Gasteiger partial charge in [-0.3, -0.25) is 0 Å². The average Bonchev–Trinajstić information content (AvgIpc) is 3.07. The fraction of sp³-hybridized carbons (Fsp3) is 1.00. The van der Waals surface area contributed by atoms with Gasteiger partial charge in [-0.2, -0.15) is 12.7 Å². The summed E-state index contributed by atoms with van der Waals surface area (Å²) in [6.07, 6.45) is 4.35. The second-order valence-corrected chi connectivity index (χ2v) is 6.52. The first-order valence-electron chi connectivity index (χ1n) is 6.48. The molecule has 0 aromatic carbocycles. The van der Waals surface area contributed by atoms with E-state index in [9.17, 15) is 8.42 Å². The van der Waals surface area contributed by atoms with Crippen LogP contribution in [0.15, 0.2) is 0 Å². The minimum atomic E-state index is -3.26. The molecule has 0 aromatic heterocycles. The molecule has 6 heteroatoms. The standard InChI is InChI=1S/C11H25N3O2S/c1-3-12-8-4-10-14(2)17(15,16)13-9-7-11-5-6-11/h11-13H,3-10H2,1-2H3. The number of nitrogens with one attached hydrogen (secondary N) is 2. The molecule has 1 aliphatic rings. The largest absolute Gasteiger partial charge is 0.317 e. The summed E-state index contributed by atoms with van der Waals surface area (Å²) in [7, 11) is -1.63. The van der Waals surface area contributed by atoms with Crippen molar-refractivity contribution in [2.24, 2.45) is 5.92 Å². The molecule has 1 saturated carbocycles. The van der Waals surface area contributed by atoms with E-state index in [4.69, 9.17) is 0 Å². The highest BCUT2D eigenvalue weighted by Crippen LogP contribution is 2.31. The smallest absolute Gasteiger partial charge is 0.279 e. The Hall–Kier alpha value is -0.170. The molecule has 17 heavy (non-hydrogen) atoms. The van der Waals surface area contributed by atoms with Crippen molar-refractivity contribution in [2.75, 3.05) is 33.2 Å². The summed E-state index contributed by atoms with van der Waals surface area (Å²) in [5.41, 5.74) is 0. The molecule has 1 rings (SSSR count). The van der Waals surface area contributed by atoms with Gasteiger partial charge in [0.1, 0.15) is 0 Å². The molecule has 0 radical (unpaired) electrons. The Morgan fingerprint density at radius 2 is 2.00 bits per heavy atom. The van der Waals surface area contributed by atoms with E-state index < -0.39 is 10.2 Å². The average molecular weight is 263 g/mol. The Kier molecular flexibility index (Phi) is 6.40. The van der Waals surface area contributed by atoms with Gasteiger partial charge in [-0.05, 0) is 31.8 Å². The summed E-state index contributed by atoms with van der Waals surface area (Å²) in [5.74, 6) is 0.761. The summed E-state index contributed by atoms with van der Waals surface area (Å²) in [6.45, 7) is 4.96. The summed E-state index contributed by atoms with van der Waals surface area (Å²) >= 11 is 0. The maximum Gasteiger partial charge on any atom is 0.279 e. The molecular formula is C11H25N3O2S. The maximum absolute atomic E-state index is 11.8. The van der Waals surface area contributed by atoms with Crippen LogP contribution < -0.4 is 10.0 Å². The zero-order chi connectivity index (χ0) is 12.7. The van der Waals surface area contributed by atoms with Crippen molar-refractivity contribution in [2.45, 2.75) is 32.6 Å². The number of rotatable bonds is 10. The van der Waals surface area contributed by atoms with Gasteiger partial charge in [0.2, 0.25) is 0 Å². The number of hydrogen-bond donors (Lipinski definition) is 2. The third kappa shape index (κ3) is 6.35. The fourth-order valence-electron chi connectivity index (χ4n) is 1.63. The van der Waals surface area contributed by atoms with Gasteiger partial charge in [-0.1, -0.05) is 19.8 Å². The molecule has 0 spiro atoms. The van der Waals surface area contributed by atoms with E-state index in [0.717, 1.165) is 31.8 Å². The first-order chi connectivity index (χ1) is 8.06. The lowest BCUT2D eigenvalue weighted by Crippen LogP contribution is -2.39. The highest BCUT2D eigenvalue weighted by Gasteiger charge is 2.22. The minimum Gasteiger partial charge on any atom is -0.317 e. The van der Waals surface area contributed by atoms with Gasteiger partial charge in [-0.25, -0.2) is 4.72 Å². The van der Waals surface area contributed by atoms with Gasteiger partial charge in [0.15, 0.2) is 0 Å². The maximum atomic E-state index is 11.8. The Bertz CT molecular complexity index is 302. The van der Waals surface area contributed by atoms with E-state index in [1.54, 1.807) is 7.05 Å². The van der Waals surface area contributed by atoms with Crippen molar-refractivity contribution in [1.82, 2.24) is 14.3 Å². The third-order valence-electron chi connectivity index (χ3n) is 3.02. The molecule has 102 valence electrons. The summed E-state index contributed by atoms with van der Waals surface area (Å²) < 4.78 is 27.6. The SMILES string of the molecule is CCNCCCN(C)S(=O)(=O)NCCC1CC1. The van der Waals surface area contributed by atoms with Crippen LogP contribution in [0.2, 0.25) is 0 Å². The highest BCUT2D eigenvalue weighted by molar-refractivity contribution is 7.87. The van der Waals surface area contributed by atoms with E-state index in [0.29, 0.717) is 13.1 Å². The van der Waals surface area contributed by atoms with E-state index in [2.05, 4.69) is 10.0 Å². The molecule has 0 aromatic rings. The molecule has 0 saturated heterocycles. The number of hydrogen-bond acceptors (Lipinski definition) is 3. The molecule has 0 heterocycles. The molecular weight excluding hydrogens is 238 g/mol. The predicted molar refractivity (Wildman–Crippen MR) is 70.1 cm³/mol. The van der Waals surface area contributed by atoms with Crippen LogP contribution in [0.5, 0.6) is 0 Å². The molecule has 0 atom stereocenters. The Morgan fingerprint density at radius 3 is 2.59 bits per heavy atom. The van der Waals surface area contributed by atoms with E-state index in [-0.39, 0.29) is 0 Å². The molecule has 0 amide bonds. The van der Waals surface area contributed by atoms with Gasteiger partial charge < -0.3 is 5.32 Å². The Morgan fingerprint density at radius 1 is 1.29 bits per heavy atom. The molecule has 5 nitrogen and oxygen atoms in total. The lowest BCUT2D eigenvalue weighted by Gasteiger charge is -2.17. The van der Waals surface area contributed by atoms with Gasteiger partial charge >= 0.3 is 0 Å². The fourth-order valence-corrected chi connectivity index (χ4v) is 2.60. The summed E-state index contributed by atoms with van der Waals surface area (Å²) in [6, 6.07) is 0. The topological polar surface area (TPSA) is 61.4 Å². The normalized spacial score (nSPS) is 16.6. The van der Waals surface area contributed by atoms with Crippen molar-refractivity contribution >= 4 is 10.2 Å². The van der Waals surface area contributed by atoms with Crippen LogP contribution in [0, 0.1) is 5.92 Å². The molecule has 0 unspecified atom stereocenters. The van der Waals surface area contributed by atoms with Crippen molar-refractivity contribution in [1.29, 1.82) is 0 Å². The predicted octanol–water partition coefficient (Wildman–Crippen LogP) is 0.552. The molecule has 1 aliphatic carbocycles. The zero-order valence-corrected chi connectivity index (χ0v) is 11.7. The number of nitrogens with zero attached hydrogens (tertiary/aromatic N) is 1. The van der Waals surface area contributed by atoms with Gasteiger partial charge in [0.25, 0.3) is 10.2 Å². The third-order valence-corrected chi connectivity index (χ3v) is 4.59. The van der Waals surface area contributed by atoms with Crippen LogP contribution in [-0.2, 0) is 10.2 Å². The van der Waals surface area contributed by atoms with Gasteiger partial charge in [0.05, 0.1) is 0 Å². The van der Waals surface area contributed by atoms with Gasteiger partial charge in [0, 0.05) is 20.1 Å². The summed E-state index contributed by atoms with van der Waals surface area (Å²) in [4.78, 5) is 0. The van der Waals surface area contributed by atoms with Crippen LogP contribution in [0.25, 0.3) is 0 Å². The van der Waals surface area contributed by atoms with Crippen LogP contribution >= 0.6 is 0 Å². The molecule has 0 bridgehead atoms. The van der Waals surface area contributed by atoms with E-state index in [1.165, 1.54) is 17.1 Å². The molecule has 2 N–H and O–H groups in total. The Labute approximate surface area is 105 Å². The Balaban J connectivity index is 2.14. The second-order valence-electron chi connectivity index (χ2n) is 4.66. The zero-order valence-electron chi connectivity index (χ0n) is 10.9. The first kappa shape index (κ1) is 14.9. The van der Waals surface area contributed by atoms with Crippen LogP contribution in [0.4, 0.5) is 0 Å². The highest BCUT2D eigenvalue weighted by atomic mass is 32.2. The minimum absolute atomic E-state index is 0.561.